The number of hydrogen-bond acceptors (Lipinski definition) is 9. The van der Waals surface area contributed by atoms with Gasteiger partial charge in [0.25, 0.3) is 5.78 Å². The molecule has 1 aliphatic heterocycles. The molecule has 1 fully saturated rings. The predicted octanol–water partition coefficient (Wildman–Crippen LogP) is 5.96. The maximum Gasteiger partial charge on any atom is 0.301 e. The van der Waals surface area contributed by atoms with Crippen molar-refractivity contribution in [3.63, 3.8) is 0 Å². The Balaban J connectivity index is 1.78. The summed E-state index contributed by atoms with van der Waals surface area (Å²) in [5.74, 6) is -0.196. The van der Waals surface area contributed by atoms with Gasteiger partial charge in [0.05, 0.1) is 49.8 Å². The number of anilines is 1. The van der Waals surface area contributed by atoms with Crippen LogP contribution in [0.25, 0.3) is 16.0 Å². The first-order valence-corrected chi connectivity index (χ1v) is 13.8. The summed E-state index contributed by atoms with van der Waals surface area (Å²) < 4.78 is 23.1. The topological polar surface area (TPSA) is 107 Å². The van der Waals surface area contributed by atoms with E-state index in [1.807, 2.05) is 45.0 Å². The number of benzene rings is 3. The number of thiazole rings is 1. The minimum absolute atomic E-state index is 0.0627. The van der Waals surface area contributed by atoms with E-state index in [1.54, 1.807) is 24.3 Å². The van der Waals surface area contributed by atoms with Gasteiger partial charge in [-0.3, -0.25) is 14.5 Å². The maximum atomic E-state index is 13.8. The summed E-state index contributed by atoms with van der Waals surface area (Å²) >= 11 is 1.25. The first-order valence-electron chi connectivity index (χ1n) is 12.9. The van der Waals surface area contributed by atoms with Crippen LogP contribution in [0.4, 0.5) is 5.13 Å². The van der Waals surface area contributed by atoms with E-state index in [4.69, 9.17) is 23.9 Å². The number of amides is 1. The van der Waals surface area contributed by atoms with E-state index >= 15 is 0 Å². The molecule has 1 amide bonds. The summed E-state index contributed by atoms with van der Waals surface area (Å²) in [5.41, 5.74) is 3.17. The van der Waals surface area contributed by atoms with Gasteiger partial charge in [0.15, 0.2) is 16.6 Å². The standard InChI is InChI=1S/C31H30N2O7S/c1-7-40-19-10-11-21-24(15-19)41-31(32-21)33-26(18-13-22(37-4)29(39-6)23(14-18)38-5)25(28(35)30(33)36)27(34)20-12-16(2)8-9-17(20)3/h8-15,26,34H,7H2,1-6H3/b27-25+. The summed E-state index contributed by atoms with van der Waals surface area (Å²) in [7, 11) is 4.46. The lowest BCUT2D eigenvalue weighted by atomic mass is 9.93. The molecular formula is C31H30N2O7S. The summed E-state index contributed by atoms with van der Waals surface area (Å²) in [6.45, 7) is 6.13. The number of ketones is 1. The lowest BCUT2D eigenvalue weighted by molar-refractivity contribution is -0.132. The molecule has 1 saturated heterocycles. The zero-order valence-electron chi connectivity index (χ0n) is 23.6. The van der Waals surface area contributed by atoms with Gasteiger partial charge >= 0.3 is 5.91 Å². The zero-order valence-corrected chi connectivity index (χ0v) is 24.4. The van der Waals surface area contributed by atoms with E-state index in [0.29, 0.717) is 51.4 Å². The zero-order chi connectivity index (χ0) is 29.4. The number of fused-ring (bicyclic) bond motifs is 1. The van der Waals surface area contributed by atoms with Gasteiger partial charge in [0, 0.05) is 5.56 Å². The normalized spacial score (nSPS) is 16.3. The highest BCUT2D eigenvalue weighted by atomic mass is 32.1. The number of ether oxygens (including phenoxy) is 4. The Morgan fingerprint density at radius 2 is 1.68 bits per heavy atom. The largest absolute Gasteiger partial charge is 0.507 e. The minimum Gasteiger partial charge on any atom is -0.507 e. The fourth-order valence-corrected chi connectivity index (χ4v) is 6.01. The summed E-state index contributed by atoms with van der Waals surface area (Å²) in [5, 5.41) is 12.0. The van der Waals surface area contributed by atoms with Crippen molar-refractivity contribution in [2.75, 3.05) is 32.8 Å². The Kier molecular flexibility index (Phi) is 7.59. The van der Waals surface area contributed by atoms with Crippen molar-refractivity contribution in [3.05, 3.63) is 76.4 Å². The summed E-state index contributed by atoms with van der Waals surface area (Å²) in [6.07, 6.45) is 0. The molecule has 10 heteroatoms. The number of aryl methyl sites for hydroxylation is 2. The first kappa shape index (κ1) is 28.0. The van der Waals surface area contributed by atoms with Crippen LogP contribution in [0, 0.1) is 13.8 Å². The molecule has 3 aromatic carbocycles. The molecule has 0 bridgehead atoms. The number of aliphatic hydroxyl groups excluding tert-OH is 1. The van der Waals surface area contributed by atoms with Gasteiger partial charge < -0.3 is 24.1 Å². The van der Waals surface area contributed by atoms with Gasteiger partial charge in [-0.05, 0) is 68.3 Å². The first-order chi connectivity index (χ1) is 19.7. The number of aliphatic hydroxyl groups is 1. The molecular weight excluding hydrogens is 544 g/mol. The van der Waals surface area contributed by atoms with Crippen LogP contribution in [0.1, 0.15) is 35.2 Å². The molecule has 0 radical (unpaired) electrons. The number of nitrogens with zero attached hydrogens (tertiary/aromatic N) is 2. The Hall–Kier alpha value is -4.57. The van der Waals surface area contributed by atoms with Crippen LogP contribution in [0.5, 0.6) is 23.0 Å². The molecule has 0 aliphatic carbocycles. The van der Waals surface area contributed by atoms with E-state index in [9.17, 15) is 14.7 Å². The molecule has 4 aromatic rings. The number of rotatable bonds is 8. The molecule has 1 aliphatic rings. The molecule has 1 unspecified atom stereocenters. The van der Waals surface area contributed by atoms with Crippen LogP contribution >= 0.6 is 11.3 Å². The fraction of sp³-hybridized carbons (Fsp3) is 0.258. The third kappa shape index (κ3) is 4.84. The van der Waals surface area contributed by atoms with Crippen molar-refractivity contribution in [2.24, 2.45) is 0 Å². The second-order valence-electron chi connectivity index (χ2n) is 9.51. The van der Waals surface area contributed by atoms with Crippen LogP contribution in [0.15, 0.2) is 54.1 Å². The second-order valence-corrected chi connectivity index (χ2v) is 10.5. The van der Waals surface area contributed by atoms with Crippen molar-refractivity contribution in [2.45, 2.75) is 26.8 Å². The number of Topliss-reactive ketones (excluding diaryl/α,β-unsaturated/α-hetero) is 1. The van der Waals surface area contributed by atoms with E-state index in [0.717, 1.165) is 15.8 Å². The van der Waals surface area contributed by atoms with Crippen molar-refractivity contribution in [1.82, 2.24) is 4.98 Å². The fourth-order valence-electron chi connectivity index (χ4n) is 4.99. The Morgan fingerprint density at radius 1 is 0.976 bits per heavy atom. The molecule has 9 nitrogen and oxygen atoms in total. The van der Waals surface area contributed by atoms with Crippen LogP contribution in [-0.2, 0) is 9.59 Å². The van der Waals surface area contributed by atoms with Crippen LogP contribution in [0.3, 0.4) is 0 Å². The molecule has 5 rings (SSSR count). The number of methoxy groups -OCH3 is 3. The molecule has 0 spiro atoms. The van der Waals surface area contributed by atoms with E-state index in [-0.39, 0.29) is 11.3 Å². The van der Waals surface area contributed by atoms with Crippen molar-refractivity contribution in [1.29, 1.82) is 0 Å². The number of aromatic nitrogens is 1. The van der Waals surface area contributed by atoms with Gasteiger partial charge in [-0.2, -0.15) is 0 Å². The minimum atomic E-state index is -1.03. The number of carbonyl (C=O) groups is 2. The number of hydrogen-bond donors (Lipinski definition) is 1. The lowest BCUT2D eigenvalue weighted by Crippen LogP contribution is -2.29. The Labute approximate surface area is 241 Å². The second kappa shape index (κ2) is 11.1. The van der Waals surface area contributed by atoms with Crippen molar-refractivity contribution >= 4 is 44.1 Å². The Bertz CT molecular complexity index is 1680. The predicted molar refractivity (Wildman–Crippen MR) is 158 cm³/mol. The lowest BCUT2D eigenvalue weighted by Gasteiger charge is -2.24. The highest BCUT2D eigenvalue weighted by Gasteiger charge is 2.48. The van der Waals surface area contributed by atoms with Gasteiger partial charge in [-0.15, -0.1) is 0 Å². The molecule has 2 heterocycles. The SMILES string of the molecule is CCOc1ccc2nc(N3C(=O)C(=O)/C(=C(/O)c4cc(C)ccc4C)C3c3cc(OC)c(OC)c(OC)c3)sc2c1. The van der Waals surface area contributed by atoms with Crippen molar-refractivity contribution < 1.29 is 33.6 Å². The quantitative estimate of drug-likeness (QED) is 0.156. The summed E-state index contributed by atoms with van der Waals surface area (Å²) in [4.78, 5) is 33.5. The monoisotopic (exact) mass is 574 g/mol. The molecule has 41 heavy (non-hydrogen) atoms. The van der Waals surface area contributed by atoms with E-state index < -0.39 is 17.7 Å². The third-order valence-corrected chi connectivity index (χ3v) is 7.98. The highest BCUT2D eigenvalue weighted by molar-refractivity contribution is 7.22. The maximum absolute atomic E-state index is 13.8. The molecule has 1 aromatic heterocycles. The van der Waals surface area contributed by atoms with Gasteiger partial charge in [-0.25, -0.2) is 4.98 Å². The van der Waals surface area contributed by atoms with Crippen molar-refractivity contribution in [3.8, 4) is 23.0 Å². The van der Waals surface area contributed by atoms with Crippen LogP contribution < -0.4 is 23.8 Å². The van der Waals surface area contributed by atoms with Crippen LogP contribution in [0.2, 0.25) is 0 Å². The average molecular weight is 575 g/mol. The third-order valence-electron chi connectivity index (χ3n) is 6.96. The van der Waals surface area contributed by atoms with Gasteiger partial charge in [0.2, 0.25) is 5.75 Å². The average Bonchev–Trinajstić information content (AvgIpc) is 3.50. The van der Waals surface area contributed by atoms with E-state index in [2.05, 4.69) is 0 Å². The molecule has 1 N–H and O–H groups in total. The highest BCUT2D eigenvalue weighted by Crippen LogP contribution is 2.48. The van der Waals surface area contributed by atoms with Crippen LogP contribution in [-0.4, -0.2) is 49.7 Å². The smallest absolute Gasteiger partial charge is 0.301 e. The van der Waals surface area contributed by atoms with Gasteiger partial charge in [-0.1, -0.05) is 29.0 Å². The Morgan fingerprint density at radius 3 is 2.32 bits per heavy atom. The number of carbonyl (C=O) groups excluding carboxylic acids is 2. The van der Waals surface area contributed by atoms with Gasteiger partial charge in [0.1, 0.15) is 11.5 Å². The molecule has 0 saturated carbocycles. The molecule has 1 atom stereocenters. The molecule has 212 valence electrons. The summed E-state index contributed by atoms with van der Waals surface area (Å²) in [6, 6.07) is 13.3. The van der Waals surface area contributed by atoms with E-state index in [1.165, 1.54) is 37.6 Å².